The number of anilines is 1. The molecule has 3 heterocycles. The van der Waals surface area contributed by atoms with Crippen molar-refractivity contribution < 1.29 is 0 Å². The number of benzene rings is 1. The van der Waals surface area contributed by atoms with Crippen LogP contribution in [0, 0.1) is 0 Å². The highest BCUT2D eigenvalue weighted by Crippen LogP contribution is 2.24. The van der Waals surface area contributed by atoms with Crippen LogP contribution in [0.15, 0.2) is 61.1 Å². The van der Waals surface area contributed by atoms with Gasteiger partial charge in [0.25, 0.3) is 0 Å². The van der Waals surface area contributed by atoms with E-state index in [0.717, 1.165) is 34.2 Å². The standard InChI is InChI=1S/C19H19N5S/c1-14(9-10-15-6-3-2-4-7-15)21-18-23-24-13-17(22-19(24)25-18)16-8-5-11-20-12-16/h2-8,11-14H,9-10H2,1H3,(H,21,23). The highest BCUT2D eigenvalue weighted by atomic mass is 32.1. The largest absolute Gasteiger partial charge is 0.358 e. The van der Waals surface area contributed by atoms with Crippen LogP contribution in [0.1, 0.15) is 18.9 Å². The summed E-state index contributed by atoms with van der Waals surface area (Å²) < 4.78 is 1.83. The fraction of sp³-hybridized carbons (Fsp3) is 0.211. The zero-order valence-electron chi connectivity index (χ0n) is 14.0. The van der Waals surface area contributed by atoms with Crippen molar-refractivity contribution in [3.63, 3.8) is 0 Å². The lowest BCUT2D eigenvalue weighted by Crippen LogP contribution is -2.16. The van der Waals surface area contributed by atoms with Crippen molar-refractivity contribution in [1.82, 2.24) is 19.6 Å². The molecule has 6 heteroatoms. The molecule has 4 aromatic rings. The van der Waals surface area contributed by atoms with Crippen LogP contribution in [0.3, 0.4) is 0 Å². The van der Waals surface area contributed by atoms with Gasteiger partial charge >= 0.3 is 0 Å². The lowest BCUT2D eigenvalue weighted by molar-refractivity contribution is 0.703. The molecule has 0 radical (unpaired) electrons. The number of hydrogen-bond acceptors (Lipinski definition) is 5. The van der Waals surface area contributed by atoms with Gasteiger partial charge in [-0.3, -0.25) is 4.98 Å². The molecule has 3 aromatic heterocycles. The summed E-state index contributed by atoms with van der Waals surface area (Å²) in [4.78, 5) is 9.67. The molecule has 0 fully saturated rings. The molecule has 0 aliphatic rings. The summed E-state index contributed by atoms with van der Waals surface area (Å²) in [5, 5.41) is 8.98. The van der Waals surface area contributed by atoms with Gasteiger partial charge in [-0.1, -0.05) is 41.7 Å². The molecule has 0 bridgehead atoms. The molecule has 0 aliphatic carbocycles. The predicted molar refractivity (Wildman–Crippen MR) is 102 cm³/mol. The molecule has 4 rings (SSSR count). The molecule has 0 spiro atoms. The summed E-state index contributed by atoms with van der Waals surface area (Å²) in [6.45, 7) is 2.19. The van der Waals surface area contributed by atoms with E-state index >= 15 is 0 Å². The molecular formula is C19H19N5S. The van der Waals surface area contributed by atoms with Gasteiger partial charge in [0, 0.05) is 24.0 Å². The van der Waals surface area contributed by atoms with Crippen molar-refractivity contribution in [2.45, 2.75) is 25.8 Å². The Morgan fingerprint density at radius 3 is 2.80 bits per heavy atom. The third kappa shape index (κ3) is 3.69. The lowest BCUT2D eigenvalue weighted by atomic mass is 10.1. The average molecular weight is 349 g/mol. The first-order valence-corrected chi connectivity index (χ1v) is 9.16. The molecule has 1 unspecified atom stereocenters. The average Bonchev–Trinajstić information content (AvgIpc) is 3.20. The summed E-state index contributed by atoms with van der Waals surface area (Å²) in [5.41, 5.74) is 3.27. The van der Waals surface area contributed by atoms with Crippen LogP contribution in [0.4, 0.5) is 5.13 Å². The molecule has 1 atom stereocenters. The normalized spacial score (nSPS) is 12.4. The summed E-state index contributed by atoms with van der Waals surface area (Å²) in [6.07, 6.45) is 7.65. The minimum atomic E-state index is 0.355. The molecule has 1 aromatic carbocycles. The van der Waals surface area contributed by atoms with Crippen LogP contribution in [-0.4, -0.2) is 25.6 Å². The first-order chi connectivity index (χ1) is 12.3. The van der Waals surface area contributed by atoms with Crippen LogP contribution >= 0.6 is 11.3 Å². The van der Waals surface area contributed by atoms with Crippen LogP contribution in [0.5, 0.6) is 0 Å². The Morgan fingerprint density at radius 2 is 2.04 bits per heavy atom. The first-order valence-electron chi connectivity index (χ1n) is 8.35. The van der Waals surface area contributed by atoms with E-state index in [1.165, 1.54) is 5.56 Å². The lowest BCUT2D eigenvalue weighted by Gasteiger charge is -2.12. The summed E-state index contributed by atoms with van der Waals surface area (Å²) in [6, 6.07) is 14.8. The molecule has 0 aliphatic heterocycles. The van der Waals surface area contributed by atoms with Gasteiger partial charge in [0.15, 0.2) is 0 Å². The number of fused-ring (bicyclic) bond motifs is 1. The topological polar surface area (TPSA) is 55.1 Å². The van der Waals surface area contributed by atoms with Crippen molar-refractivity contribution in [2.24, 2.45) is 0 Å². The second-order valence-corrected chi connectivity index (χ2v) is 7.03. The van der Waals surface area contributed by atoms with E-state index in [1.807, 2.05) is 29.0 Å². The minimum Gasteiger partial charge on any atom is -0.358 e. The van der Waals surface area contributed by atoms with Crippen molar-refractivity contribution in [1.29, 1.82) is 0 Å². The highest BCUT2D eigenvalue weighted by molar-refractivity contribution is 7.20. The Balaban J connectivity index is 1.41. The number of aromatic nitrogens is 4. The van der Waals surface area contributed by atoms with Gasteiger partial charge in [-0.15, -0.1) is 5.10 Å². The van der Waals surface area contributed by atoms with Gasteiger partial charge in [-0.05, 0) is 37.5 Å². The molecule has 5 nitrogen and oxygen atoms in total. The van der Waals surface area contributed by atoms with Gasteiger partial charge in [0.1, 0.15) is 0 Å². The SMILES string of the molecule is CC(CCc1ccccc1)Nc1nn2cc(-c3cccnc3)nc2s1. The fourth-order valence-corrected chi connectivity index (χ4v) is 3.62. The minimum absolute atomic E-state index is 0.355. The van der Waals surface area contributed by atoms with Gasteiger partial charge < -0.3 is 5.32 Å². The number of nitrogens with zero attached hydrogens (tertiary/aromatic N) is 4. The van der Waals surface area contributed by atoms with E-state index in [1.54, 1.807) is 17.5 Å². The maximum Gasteiger partial charge on any atom is 0.214 e. The van der Waals surface area contributed by atoms with E-state index in [-0.39, 0.29) is 0 Å². The third-order valence-electron chi connectivity index (χ3n) is 4.08. The van der Waals surface area contributed by atoms with E-state index in [4.69, 9.17) is 0 Å². The molecule has 126 valence electrons. The molecule has 25 heavy (non-hydrogen) atoms. The van der Waals surface area contributed by atoms with Crippen LogP contribution in [0.2, 0.25) is 0 Å². The Morgan fingerprint density at radius 1 is 1.16 bits per heavy atom. The molecule has 1 N–H and O–H groups in total. The molecule has 0 saturated carbocycles. The quantitative estimate of drug-likeness (QED) is 0.564. The summed E-state index contributed by atoms with van der Waals surface area (Å²) in [5.74, 6) is 0. The number of nitrogens with one attached hydrogen (secondary N) is 1. The maximum atomic E-state index is 4.64. The monoisotopic (exact) mass is 349 g/mol. The van der Waals surface area contributed by atoms with E-state index < -0.39 is 0 Å². The molecule has 0 saturated heterocycles. The zero-order valence-corrected chi connectivity index (χ0v) is 14.8. The van der Waals surface area contributed by atoms with Gasteiger partial charge in [-0.25, -0.2) is 9.50 Å². The smallest absolute Gasteiger partial charge is 0.214 e. The number of pyridine rings is 1. The van der Waals surface area contributed by atoms with Crippen LogP contribution in [-0.2, 0) is 6.42 Å². The van der Waals surface area contributed by atoms with Gasteiger partial charge in [-0.2, -0.15) is 0 Å². The Bertz CT molecular complexity index is 914. The van der Waals surface area contributed by atoms with E-state index in [9.17, 15) is 0 Å². The van der Waals surface area contributed by atoms with Gasteiger partial charge in [0.05, 0.1) is 11.9 Å². The van der Waals surface area contributed by atoms with E-state index in [0.29, 0.717) is 6.04 Å². The second kappa shape index (κ2) is 7.03. The van der Waals surface area contributed by atoms with Crippen molar-refractivity contribution in [3.05, 3.63) is 66.6 Å². The Hall–Kier alpha value is -2.73. The van der Waals surface area contributed by atoms with Gasteiger partial charge in [0.2, 0.25) is 10.1 Å². The highest BCUT2D eigenvalue weighted by Gasteiger charge is 2.11. The number of rotatable bonds is 6. The van der Waals surface area contributed by atoms with Crippen molar-refractivity contribution in [2.75, 3.05) is 5.32 Å². The number of hydrogen-bond donors (Lipinski definition) is 1. The van der Waals surface area contributed by atoms with Crippen LogP contribution in [0.25, 0.3) is 16.2 Å². The maximum absolute atomic E-state index is 4.64. The van der Waals surface area contributed by atoms with E-state index in [2.05, 4.69) is 57.6 Å². The number of aryl methyl sites for hydroxylation is 1. The second-order valence-electron chi connectivity index (χ2n) is 6.07. The summed E-state index contributed by atoms with van der Waals surface area (Å²) in [7, 11) is 0. The van der Waals surface area contributed by atoms with Crippen molar-refractivity contribution >= 4 is 21.4 Å². The molecular weight excluding hydrogens is 330 g/mol. The van der Waals surface area contributed by atoms with Crippen LogP contribution < -0.4 is 5.32 Å². The third-order valence-corrected chi connectivity index (χ3v) is 4.93. The Kier molecular flexibility index (Phi) is 4.43. The number of imidazole rings is 1. The predicted octanol–water partition coefficient (Wildman–Crippen LogP) is 4.29. The Labute approximate surface area is 150 Å². The zero-order chi connectivity index (χ0) is 17.1. The summed E-state index contributed by atoms with van der Waals surface area (Å²) >= 11 is 1.57. The van der Waals surface area contributed by atoms with Crippen molar-refractivity contribution in [3.8, 4) is 11.3 Å². The first kappa shape index (κ1) is 15.8. The molecule has 0 amide bonds. The fourth-order valence-electron chi connectivity index (χ4n) is 2.72.